The van der Waals surface area contributed by atoms with Crippen LogP contribution in [0.25, 0.3) is 0 Å². The molecule has 4 nitrogen and oxygen atoms in total. The zero-order chi connectivity index (χ0) is 24.0. The number of ether oxygens (including phenoxy) is 3. The monoisotopic (exact) mass is 464 g/mol. The van der Waals surface area contributed by atoms with Crippen LogP contribution in [0.15, 0.2) is 59.1 Å². The number of aromatic hydroxyl groups is 1. The van der Waals surface area contributed by atoms with Crippen LogP contribution >= 0.6 is 0 Å². The lowest BCUT2D eigenvalue weighted by atomic mass is 9.84. The van der Waals surface area contributed by atoms with E-state index >= 15 is 0 Å². The SMILES string of the molecule is CCCCOc1ccc(C2COC3=C(CC=C=C/C4=C/C3CCCCC(C)(C)OC4)C2)c(O)c1. The highest BCUT2D eigenvalue weighted by atomic mass is 16.5. The zero-order valence-electron chi connectivity index (χ0n) is 21.1. The van der Waals surface area contributed by atoms with E-state index in [1.165, 1.54) is 11.1 Å². The van der Waals surface area contributed by atoms with E-state index in [2.05, 4.69) is 44.7 Å². The maximum absolute atomic E-state index is 10.8. The third-order valence-electron chi connectivity index (χ3n) is 7.15. The lowest BCUT2D eigenvalue weighted by Crippen LogP contribution is -2.26. The number of unbranched alkanes of at least 4 members (excludes halogenated alkanes) is 1. The number of benzene rings is 1. The first kappa shape index (κ1) is 24.7. The molecule has 0 fully saturated rings. The summed E-state index contributed by atoms with van der Waals surface area (Å²) in [4.78, 5) is 0. The van der Waals surface area contributed by atoms with Crippen LogP contribution in [0.1, 0.15) is 83.6 Å². The minimum Gasteiger partial charge on any atom is -0.508 e. The molecule has 34 heavy (non-hydrogen) atoms. The Morgan fingerprint density at radius 1 is 1.24 bits per heavy atom. The first-order valence-electron chi connectivity index (χ1n) is 13.0. The van der Waals surface area contributed by atoms with Gasteiger partial charge in [-0.1, -0.05) is 38.3 Å². The largest absolute Gasteiger partial charge is 0.508 e. The van der Waals surface area contributed by atoms with E-state index in [1.54, 1.807) is 6.07 Å². The molecule has 0 radical (unpaired) electrons. The number of hydrogen-bond acceptors (Lipinski definition) is 4. The van der Waals surface area contributed by atoms with Crippen LogP contribution < -0.4 is 4.74 Å². The lowest BCUT2D eigenvalue weighted by Gasteiger charge is -2.32. The van der Waals surface area contributed by atoms with Gasteiger partial charge in [-0.3, -0.25) is 0 Å². The van der Waals surface area contributed by atoms with Crippen molar-refractivity contribution < 1.29 is 19.3 Å². The zero-order valence-corrected chi connectivity index (χ0v) is 21.1. The molecule has 0 amide bonds. The van der Waals surface area contributed by atoms with Gasteiger partial charge >= 0.3 is 0 Å². The van der Waals surface area contributed by atoms with Crippen LogP contribution in [0.3, 0.4) is 0 Å². The maximum Gasteiger partial charge on any atom is 0.122 e. The summed E-state index contributed by atoms with van der Waals surface area (Å²) < 4.78 is 18.5. The molecule has 2 unspecified atom stereocenters. The van der Waals surface area contributed by atoms with Gasteiger partial charge in [-0.15, -0.1) is 5.73 Å². The summed E-state index contributed by atoms with van der Waals surface area (Å²) in [6.07, 6.45) is 14.8. The van der Waals surface area contributed by atoms with Crippen molar-refractivity contribution in [3.8, 4) is 11.5 Å². The minimum absolute atomic E-state index is 0.0960. The number of rotatable bonds is 5. The van der Waals surface area contributed by atoms with Crippen LogP contribution in [-0.2, 0) is 9.47 Å². The molecule has 2 aliphatic heterocycles. The predicted octanol–water partition coefficient (Wildman–Crippen LogP) is 7.36. The van der Waals surface area contributed by atoms with Crippen molar-refractivity contribution in [1.82, 2.24) is 0 Å². The van der Waals surface area contributed by atoms with Crippen molar-refractivity contribution in [3.63, 3.8) is 0 Å². The Balaban J connectivity index is 1.54. The van der Waals surface area contributed by atoms with Crippen molar-refractivity contribution in [2.75, 3.05) is 19.8 Å². The van der Waals surface area contributed by atoms with E-state index in [9.17, 15) is 5.11 Å². The van der Waals surface area contributed by atoms with Crippen molar-refractivity contribution in [2.24, 2.45) is 5.92 Å². The summed E-state index contributed by atoms with van der Waals surface area (Å²) in [6, 6.07) is 5.72. The van der Waals surface area contributed by atoms with E-state index in [-0.39, 0.29) is 17.4 Å². The van der Waals surface area contributed by atoms with Crippen LogP contribution in [0.5, 0.6) is 11.5 Å². The fourth-order valence-corrected chi connectivity index (χ4v) is 5.10. The Bertz CT molecular complexity index is 978. The molecule has 4 heteroatoms. The Morgan fingerprint density at radius 3 is 2.94 bits per heavy atom. The Hall–Kier alpha value is -2.42. The number of allylic oxidation sites excluding steroid dienone is 2. The van der Waals surface area contributed by atoms with Crippen LogP contribution in [0.2, 0.25) is 0 Å². The highest BCUT2D eigenvalue weighted by Gasteiger charge is 2.30. The molecule has 1 N–H and O–H groups in total. The third kappa shape index (κ3) is 6.37. The highest BCUT2D eigenvalue weighted by molar-refractivity contribution is 5.43. The number of phenols is 1. The highest BCUT2D eigenvalue weighted by Crippen LogP contribution is 2.41. The van der Waals surface area contributed by atoms with E-state index in [0.717, 1.165) is 68.4 Å². The van der Waals surface area contributed by atoms with Crippen LogP contribution in [0.4, 0.5) is 0 Å². The molecule has 0 saturated heterocycles. The van der Waals surface area contributed by atoms with Gasteiger partial charge in [0.1, 0.15) is 17.3 Å². The number of hydrogen-bond donors (Lipinski definition) is 1. The second kappa shape index (κ2) is 11.3. The average molecular weight is 465 g/mol. The third-order valence-corrected chi connectivity index (χ3v) is 7.15. The van der Waals surface area contributed by atoms with Gasteiger partial charge in [-0.2, -0.15) is 0 Å². The quantitative estimate of drug-likeness (QED) is 0.365. The molecule has 0 aromatic heterocycles. The predicted molar refractivity (Wildman–Crippen MR) is 136 cm³/mol. The minimum atomic E-state index is -0.0960. The molecule has 0 spiro atoms. The summed E-state index contributed by atoms with van der Waals surface area (Å²) in [5.74, 6) is 2.55. The molecule has 3 aliphatic rings. The Labute approximate surface area is 205 Å². The molecule has 0 saturated carbocycles. The molecule has 1 aromatic rings. The normalized spacial score (nSPS) is 26.3. The summed E-state index contributed by atoms with van der Waals surface area (Å²) in [7, 11) is 0. The molecular formula is C30H40O4. The summed E-state index contributed by atoms with van der Waals surface area (Å²) >= 11 is 0. The van der Waals surface area contributed by atoms with Crippen molar-refractivity contribution in [2.45, 2.75) is 83.7 Å². The summed E-state index contributed by atoms with van der Waals surface area (Å²) in [5.41, 5.74) is 6.71. The fourth-order valence-electron chi connectivity index (χ4n) is 5.10. The van der Waals surface area contributed by atoms with Crippen molar-refractivity contribution in [1.29, 1.82) is 0 Å². The van der Waals surface area contributed by atoms with Gasteiger partial charge in [-0.25, -0.2) is 0 Å². The molecule has 2 bridgehead atoms. The Kier molecular flexibility index (Phi) is 8.24. The average Bonchev–Trinajstić information content (AvgIpc) is 2.89. The lowest BCUT2D eigenvalue weighted by molar-refractivity contribution is -0.0126. The molecular weight excluding hydrogens is 424 g/mol. The molecule has 2 atom stereocenters. The van der Waals surface area contributed by atoms with Gasteiger partial charge in [0.2, 0.25) is 0 Å². The van der Waals surface area contributed by atoms with Gasteiger partial charge in [0.25, 0.3) is 0 Å². The number of fused-ring (bicyclic) bond motifs is 2. The topological polar surface area (TPSA) is 47.9 Å². The standard InChI is InChI=1S/C30H40O4/c1-4-5-16-32-26-13-14-27(28(31)19-26)25-18-24-11-7-6-10-22-17-23(29(24)33-21-25)12-8-9-15-30(2,3)34-20-22/h7,10,13-14,17,19,23,25,31H,4-5,8-9,11-12,15-16,18,20-21H2,1-3H3/b22-17-. The van der Waals surface area contributed by atoms with E-state index in [0.29, 0.717) is 25.6 Å². The van der Waals surface area contributed by atoms with Gasteiger partial charge in [-0.05, 0) is 75.3 Å². The first-order chi connectivity index (χ1) is 16.4. The first-order valence-corrected chi connectivity index (χ1v) is 13.0. The Morgan fingerprint density at radius 2 is 2.12 bits per heavy atom. The molecule has 1 aliphatic carbocycles. The van der Waals surface area contributed by atoms with Crippen molar-refractivity contribution >= 4 is 0 Å². The summed E-state index contributed by atoms with van der Waals surface area (Å²) in [5, 5.41) is 10.8. The fraction of sp³-hybridized carbons (Fsp3) is 0.567. The van der Waals surface area contributed by atoms with E-state index in [4.69, 9.17) is 14.2 Å². The van der Waals surface area contributed by atoms with Gasteiger partial charge in [0, 0.05) is 23.5 Å². The summed E-state index contributed by atoms with van der Waals surface area (Å²) in [6.45, 7) is 8.39. The van der Waals surface area contributed by atoms with Gasteiger partial charge < -0.3 is 19.3 Å². The molecule has 1 aromatic carbocycles. The van der Waals surface area contributed by atoms with Gasteiger partial charge in [0.15, 0.2) is 0 Å². The number of phenolic OH excluding ortho intramolecular Hbond substituents is 1. The molecule has 2 heterocycles. The van der Waals surface area contributed by atoms with Crippen molar-refractivity contribution in [3.05, 3.63) is 64.6 Å². The van der Waals surface area contributed by atoms with E-state index < -0.39 is 0 Å². The second-order valence-corrected chi connectivity index (χ2v) is 10.5. The van der Waals surface area contributed by atoms with Crippen LogP contribution in [-0.4, -0.2) is 30.5 Å². The van der Waals surface area contributed by atoms with Gasteiger partial charge in [0.05, 0.1) is 25.4 Å². The molecule has 4 rings (SSSR count). The van der Waals surface area contributed by atoms with E-state index in [1.807, 2.05) is 12.1 Å². The maximum atomic E-state index is 10.8. The van der Waals surface area contributed by atoms with Crippen LogP contribution in [0, 0.1) is 5.92 Å². The molecule has 184 valence electrons. The smallest absolute Gasteiger partial charge is 0.122 e. The second-order valence-electron chi connectivity index (χ2n) is 10.5.